The lowest BCUT2D eigenvalue weighted by molar-refractivity contribution is 0.668. The van der Waals surface area contributed by atoms with E-state index in [4.69, 9.17) is 24.6 Å². The molecule has 9 aromatic rings. The average Bonchev–Trinajstić information content (AvgIpc) is 3.74. The maximum absolute atomic E-state index is 6.66. The van der Waals surface area contributed by atoms with Gasteiger partial charge >= 0.3 is 0 Å². The Bertz CT molecular complexity index is 2610. The lowest BCUT2D eigenvalue weighted by atomic mass is 9.94. The molecule has 0 amide bonds. The van der Waals surface area contributed by atoms with E-state index >= 15 is 0 Å². The van der Waals surface area contributed by atoms with E-state index < -0.39 is 0 Å². The lowest BCUT2D eigenvalue weighted by Crippen LogP contribution is -2.16. The first-order valence-corrected chi connectivity index (χ1v) is 16.6. The molecule has 0 atom stereocenters. The van der Waals surface area contributed by atoms with Crippen LogP contribution in [-0.2, 0) is 6.54 Å². The van der Waals surface area contributed by atoms with Crippen LogP contribution in [0.4, 0.5) is 0 Å². The molecular weight excluding hydrogens is 615 g/mol. The van der Waals surface area contributed by atoms with E-state index in [9.17, 15) is 0 Å². The second kappa shape index (κ2) is 12.4. The Hall–Kier alpha value is -6.72. The van der Waals surface area contributed by atoms with Gasteiger partial charge in [0.15, 0.2) is 5.84 Å². The van der Waals surface area contributed by atoms with Gasteiger partial charge in [-0.3, -0.25) is 4.99 Å². The number of fused-ring (bicyclic) bond motifs is 6. The molecule has 5 heteroatoms. The number of hydrogen-bond donors (Lipinski definition) is 1. The number of amidine groups is 2. The van der Waals surface area contributed by atoms with E-state index in [1.165, 1.54) is 0 Å². The predicted octanol–water partition coefficient (Wildman–Crippen LogP) is 11.2. The fourth-order valence-corrected chi connectivity index (χ4v) is 6.63. The summed E-state index contributed by atoms with van der Waals surface area (Å²) in [4.78, 5) is 10.1. The van der Waals surface area contributed by atoms with Gasteiger partial charge in [0.1, 0.15) is 28.2 Å². The summed E-state index contributed by atoms with van der Waals surface area (Å²) in [5, 5.41) is 4.31. The Labute approximate surface area is 288 Å². The zero-order valence-electron chi connectivity index (χ0n) is 27.1. The molecule has 50 heavy (non-hydrogen) atoms. The highest BCUT2D eigenvalue weighted by atomic mass is 16.3. The van der Waals surface area contributed by atoms with E-state index in [1.54, 1.807) is 0 Å². The largest absolute Gasteiger partial charge is 0.456 e. The Kier molecular flexibility index (Phi) is 7.29. The standard InChI is InChI=1S/C45H31N3O2/c46-44(30-13-5-2-6-14-30)48-45(47-28-29-11-3-1-4-12-29)35-24-33(31-19-21-42-38(26-31)36-15-7-9-17-40(36)49-42)23-34(25-35)32-20-22-43-39(27-32)37-16-8-10-18-41(37)50-43/h1-27H,28H2,(H2,46,47,48). The summed E-state index contributed by atoms with van der Waals surface area (Å²) in [6.07, 6.45) is 0. The van der Waals surface area contributed by atoms with E-state index in [1.807, 2.05) is 84.9 Å². The highest BCUT2D eigenvalue weighted by Crippen LogP contribution is 2.37. The van der Waals surface area contributed by atoms with Crippen molar-refractivity contribution in [3.8, 4) is 22.3 Å². The molecule has 2 heterocycles. The average molecular weight is 646 g/mol. The topological polar surface area (TPSA) is 77.0 Å². The zero-order chi connectivity index (χ0) is 33.4. The van der Waals surface area contributed by atoms with Crippen molar-refractivity contribution in [2.45, 2.75) is 6.54 Å². The van der Waals surface area contributed by atoms with Crippen molar-refractivity contribution in [3.63, 3.8) is 0 Å². The molecule has 0 radical (unpaired) electrons. The Balaban J connectivity index is 1.26. The molecule has 0 unspecified atom stereocenters. The number of aliphatic imine (C=N–C) groups is 2. The highest BCUT2D eigenvalue weighted by Gasteiger charge is 2.15. The van der Waals surface area contributed by atoms with Crippen LogP contribution >= 0.6 is 0 Å². The first-order chi connectivity index (χ1) is 24.7. The number of nitrogens with two attached hydrogens (primary N) is 1. The van der Waals surface area contributed by atoms with Gasteiger partial charge in [-0.05, 0) is 82.4 Å². The van der Waals surface area contributed by atoms with Crippen LogP contribution in [0.5, 0.6) is 0 Å². The summed E-state index contributed by atoms with van der Waals surface area (Å²) in [7, 11) is 0. The minimum Gasteiger partial charge on any atom is -0.456 e. The molecule has 9 rings (SSSR count). The van der Waals surface area contributed by atoms with Crippen LogP contribution in [0, 0.1) is 0 Å². The van der Waals surface area contributed by atoms with Gasteiger partial charge in [0, 0.05) is 32.7 Å². The van der Waals surface area contributed by atoms with E-state index in [0.717, 1.165) is 82.8 Å². The van der Waals surface area contributed by atoms with Crippen LogP contribution in [0.15, 0.2) is 183 Å². The number of benzene rings is 7. The monoisotopic (exact) mass is 645 g/mol. The van der Waals surface area contributed by atoms with Crippen molar-refractivity contribution in [2.75, 3.05) is 0 Å². The molecule has 0 bridgehead atoms. The molecule has 0 saturated heterocycles. The maximum Gasteiger partial charge on any atom is 0.157 e. The Morgan fingerprint density at radius 1 is 0.440 bits per heavy atom. The van der Waals surface area contributed by atoms with Gasteiger partial charge < -0.3 is 14.6 Å². The summed E-state index contributed by atoms with van der Waals surface area (Å²) < 4.78 is 12.3. The number of hydrogen-bond acceptors (Lipinski definition) is 3. The van der Waals surface area contributed by atoms with Crippen molar-refractivity contribution < 1.29 is 8.83 Å². The molecule has 0 fully saturated rings. The van der Waals surface area contributed by atoms with Gasteiger partial charge in [-0.1, -0.05) is 109 Å². The summed E-state index contributed by atoms with van der Waals surface area (Å²) >= 11 is 0. The zero-order valence-corrected chi connectivity index (χ0v) is 27.1. The van der Waals surface area contributed by atoms with Gasteiger partial charge in [0.05, 0.1) is 6.54 Å². The number of nitrogens with zero attached hydrogens (tertiary/aromatic N) is 2. The Morgan fingerprint density at radius 3 is 1.52 bits per heavy atom. The maximum atomic E-state index is 6.66. The van der Waals surface area contributed by atoms with Crippen molar-refractivity contribution in [1.29, 1.82) is 0 Å². The van der Waals surface area contributed by atoms with E-state index in [2.05, 4.69) is 78.9 Å². The predicted molar refractivity (Wildman–Crippen MR) is 206 cm³/mol. The molecule has 0 aliphatic rings. The lowest BCUT2D eigenvalue weighted by Gasteiger charge is -2.12. The molecule has 0 spiro atoms. The van der Waals surface area contributed by atoms with Gasteiger partial charge in [-0.2, -0.15) is 0 Å². The van der Waals surface area contributed by atoms with E-state index in [-0.39, 0.29) is 0 Å². The summed E-state index contributed by atoms with van der Waals surface area (Å²) in [6, 6.07) is 55.6. The van der Waals surface area contributed by atoms with Crippen molar-refractivity contribution in [3.05, 3.63) is 180 Å². The molecule has 238 valence electrons. The van der Waals surface area contributed by atoms with E-state index in [0.29, 0.717) is 18.2 Å². The molecule has 7 aromatic carbocycles. The SMILES string of the molecule is NC(=NC(=NCc1ccccc1)c1cc(-c2ccc3oc4ccccc4c3c2)cc(-c2ccc3oc4ccccc4c3c2)c1)c1ccccc1. The van der Waals surface area contributed by atoms with Gasteiger partial charge in [-0.15, -0.1) is 0 Å². The molecule has 0 aliphatic carbocycles. The fraction of sp³-hybridized carbons (Fsp3) is 0.0222. The molecule has 2 N–H and O–H groups in total. The normalized spacial score (nSPS) is 12.4. The van der Waals surface area contributed by atoms with Crippen LogP contribution in [0.25, 0.3) is 66.1 Å². The first kappa shape index (κ1) is 29.4. The third-order valence-corrected chi connectivity index (χ3v) is 9.16. The van der Waals surface area contributed by atoms with Crippen molar-refractivity contribution >= 4 is 55.5 Å². The second-order valence-corrected chi connectivity index (χ2v) is 12.4. The van der Waals surface area contributed by atoms with Gasteiger partial charge in [0.25, 0.3) is 0 Å². The summed E-state index contributed by atoms with van der Waals surface area (Å²) in [5.41, 5.74) is 17.1. The van der Waals surface area contributed by atoms with Gasteiger partial charge in [0.2, 0.25) is 0 Å². The Morgan fingerprint density at radius 2 is 0.940 bits per heavy atom. The second-order valence-electron chi connectivity index (χ2n) is 12.4. The number of para-hydroxylation sites is 2. The van der Waals surface area contributed by atoms with Crippen molar-refractivity contribution in [1.82, 2.24) is 0 Å². The van der Waals surface area contributed by atoms with Crippen LogP contribution in [0.2, 0.25) is 0 Å². The smallest absolute Gasteiger partial charge is 0.157 e. The molecule has 0 aliphatic heterocycles. The molecule has 0 saturated carbocycles. The molecule has 2 aromatic heterocycles. The third kappa shape index (κ3) is 5.51. The van der Waals surface area contributed by atoms with Crippen LogP contribution in [0.1, 0.15) is 16.7 Å². The summed E-state index contributed by atoms with van der Waals surface area (Å²) in [6.45, 7) is 0.460. The molecule has 5 nitrogen and oxygen atoms in total. The minimum absolute atomic E-state index is 0.405. The van der Waals surface area contributed by atoms with Gasteiger partial charge in [-0.25, -0.2) is 4.99 Å². The van der Waals surface area contributed by atoms with Crippen LogP contribution in [0.3, 0.4) is 0 Å². The van der Waals surface area contributed by atoms with Crippen molar-refractivity contribution in [2.24, 2.45) is 15.7 Å². The van der Waals surface area contributed by atoms with Crippen LogP contribution in [-0.4, -0.2) is 11.7 Å². The summed E-state index contributed by atoms with van der Waals surface area (Å²) in [5.74, 6) is 0.963. The minimum atomic E-state index is 0.405. The quantitative estimate of drug-likeness (QED) is 0.144. The fourth-order valence-electron chi connectivity index (χ4n) is 6.63. The highest BCUT2D eigenvalue weighted by molar-refractivity contribution is 6.12. The third-order valence-electron chi connectivity index (χ3n) is 9.16. The number of furan rings is 2. The van der Waals surface area contributed by atoms with Crippen LogP contribution < -0.4 is 5.73 Å². The first-order valence-electron chi connectivity index (χ1n) is 16.6. The number of rotatable bonds is 6. The molecular formula is C45H31N3O2.